The topological polar surface area (TPSA) is 60.2 Å². The first-order valence-electron chi connectivity index (χ1n) is 6.40. The van der Waals surface area contributed by atoms with Gasteiger partial charge in [0.25, 0.3) is 5.69 Å². The quantitative estimate of drug-likeness (QED) is 0.623. The Bertz CT molecular complexity index is 693. The molecule has 2 aromatic rings. The minimum Gasteiger partial charge on any atom is -0.258 e. The molecule has 1 unspecified atom stereocenters. The first kappa shape index (κ1) is 15.1. The van der Waals surface area contributed by atoms with E-state index in [9.17, 15) is 14.3 Å². The van der Waals surface area contributed by atoms with Gasteiger partial charge in [-0.2, -0.15) is 0 Å². The molecule has 0 fully saturated rings. The molecule has 0 aliphatic heterocycles. The number of rotatable bonds is 5. The zero-order valence-electron chi connectivity index (χ0n) is 11.6. The predicted molar refractivity (Wildman–Crippen MR) is 85.2 cm³/mol. The summed E-state index contributed by atoms with van der Waals surface area (Å²) < 4.78 is 12.0. The third kappa shape index (κ3) is 4.36. The molecule has 0 heterocycles. The minimum absolute atomic E-state index is 0.0149. The Morgan fingerprint density at radius 2 is 1.81 bits per heavy atom. The van der Waals surface area contributed by atoms with Crippen LogP contribution in [0.4, 0.5) is 5.69 Å². The molecule has 0 spiro atoms. The molecule has 4 nitrogen and oxygen atoms in total. The zero-order valence-corrected chi connectivity index (χ0v) is 12.4. The molecule has 0 aliphatic rings. The molecule has 0 amide bonds. The van der Waals surface area contributed by atoms with Crippen molar-refractivity contribution in [1.29, 1.82) is 0 Å². The van der Waals surface area contributed by atoms with E-state index in [-0.39, 0.29) is 5.69 Å². The van der Waals surface area contributed by atoms with E-state index in [1.54, 1.807) is 24.3 Å². The molecular weight excluding hydrogens is 286 g/mol. The Balaban J connectivity index is 2.09. The Morgan fingerprint density at radius 1 is 1.14 bits per heavy atom. The van der Waals surface area contributed by atoms with Gasteiger partial charge in [0.2, 0.25) is 0 Å². The van der Waals surface area contributed by atoms with Crippen LogP contribution in [-0.4, -0.2) is 9.13 Å². The Hall–Kier alpha value is -2.27. The van der Waals surface area contributed by atoms with Crippen LogP contribution in [0.5, 0.6) is 0 Å². The molecule has 0 aliphatic carbocycles. The number of nitro benzene ring substituents is 1. The van der Waals surface area contributed by atoms with E-state index in [0.717, 1.165) is 11.1 Å². The maximum absolute atomic E-state index is 12.0. The highest BCUT2D eigenvalue weighted by Gasteiger charge is 2.09. The van der Waals surface area contributed by atoms with Crippen molar-refractivity contribution in [3.63, 3.8) is 0 Å². The van der Waals surface area contributed by atoms with Crippen molar-refractivity contribution in [3.8, 4) is 0 Å². The van der Waals surface area contributed by atoms with Crippen molar-refractivity contribution in [2.45, 2.75) is 12.7 Å². The summed E-state index contributed by atoms with van der Waals surface area (Å²) in [6, 6.07) is 14.2. The Morgan fingerprint density at radius 3 is 2.48 bits per heavy atom. The van der Waals surface area contributed by atoms with E-state index in [1.807, 2.05) is 31.2 Å². The molecule has 5 heteroatoms. The average Bonchev–Trinajstić information content (AvgIpc) is 2.48. The van der Waals surface area contributed by atoms with Gasteiger partial charge in [-0.3, -0.25) is 14.3 Å². The van der Waals surface area contributed by atoms with E-state index in [1.165, 1.54) is 11.5 Å². The molecular formula is C16H15NO3S. The molecule has 108 valence electrons. The van der Waals surface area contributed by atoms with Crippen LogP contribution in [0.25, 0.3) is 6.08 Å². The first-order valence-corrected chi connectivity index (χ1v) is 7.79. The number of hydrogen-bond donors (Lipinski definition) is 0. The van der Waals surface area contributed by atoms with Crippen molar-refractivity contribution < 1.29 is 9.13 Å². The highest BCUT2D eigenvalue weighted by Crippen LogP contribution is 2.19. The summed E-state index contributed by atoms with van der Waals surface area (Å²) in [4.78, 5) is 10.4. The standard InChI is InChI=1S/C16H15NO3S/c1-13-6-8-14(9-7-13)12-21(20)11-10-15-4-2-3-5-16(15)17(18)19/h2-11H,12H2,1H3/b11-10+. The van der Waals surface area contributed by atoms with Gasteiger partial charge in [0.1, 0.15) is 0 Å². The Labute approximate surface area is 125 Å². The Kier molecular flexibility index (Phi) is 5.00. The molecule has 0 saturated carbocycles. The van der Waals surface area contributed by atoms with Crippen LogP contribution in [0.1, 0.15) is 16.7 Å². The van der Waals surface area contributed by atoms with Crippen molar-refractivity contribution in [1.82, 2.24) is 0 Å². The molecule has 2 rings (SSSR count). The molecule has 0 saturated heterocycles. The van der Waals surface area contributed by atoms with E-state index >= 15 is 0 Å². The van der Waals surface area contributed by atoms with E-state index in [2.05, 4.69) is 0 Å². The molecule has 21 heavy (non-hydrogen) atoms. The van der Waals surface area contributed by atoms with Crippen LogP contribution in [0.15, 0.2) is 53.9 Å². The van der Waals surface area contributed by atoms with Crippen molar-refractivity contribution >= 4 is 22.6 Å². The number of nitro groups is 1. The van der Waals surface area contributed by atoms with Gasteiger partial charge in [-0.1, -0.05) is 42.0 Å². The van der Waals surface area contributed by atoms with Crippen molar-refractivity contribution in [3.05, 3.63) is 80.7 Å². The summed E-state index contributed by atoms with van der Waals surface area (Å²) in [7, 11) is -1.20. The van der Waals surface area contributed by atoms with Crippen molar-refractivity contribution in [2.75, 3.05) is 0 Å². The number of nitrogens with zero attached hydrogens (tertiary/aromatic N) is 1. The summed E-state index contributed by atoms with van der Waals surface area (Å²) in [6.07, 6.45) is 1.54. The van der Waals surface area contributed by atoms with Crippen LogP contribution in [-0.2, 0) is 16.6 Å². The summed E-state index contributed by atoms with van der Waals surface area (Å²) in [5, 5.41) is 12.4. The maximum atomic E-state index is 12.0. The van der Waals surface area contributed by atoms with Gasteiger partial charge in [-0.05, 0) is 24.6 Å². The van der Waals surface area contributed by atoms with Gasteiger partial charge in [-0.25, -0.2) is 0 Å². The fourth-order valence-electron chi connectivity index (χ4n) is 1.84. The number of benzene rings is 2. The maximum Gasteiger partial charge on any atom is 0.276 e. The normalized spacial score (nSPS) is 12.4. The van der Waals surface area contributed by atoms with Gasteiger partial charge < -0.3 is 0 Å². The van der Waals surface area contributed by atoms with Gasteiger partial charge in [0.15, 0.2) is 0 Å². The number of aryl methyl sites for hydroxylation is 1. The second-order valence-corrected chi connectivity index (χ2v) is 5.95. The lowest BCUT2D eigenvalue weighted by molar-refractivity contribution is -0.385. The largest absolute Gasteiger partial charge is 0.276 e. The number of hydrogen-bond acceptors (Lipinski definition) is 3. The summed E-state index contributed by atoms with van der Waals surface area (Å²) in [5.41, 5.74) is 2.60. The monoisotopic (exact) mass is 301 g/mol. The summed E-state index contributed by atoms with van der Waals surface area (Å²) >= 11 is 0. The van der Waals surface area contributed by atoms with E-state index in [4.69, 9.17) is 0 Å². The second kappa shape index (κ2) is 6.95. The highest BCUT2D eigenvalue weighted by atomic mass is 32.2. The molecule has 0 N–H and O–H groups in total. The van der Waals surface area contributed by atoms with E-state index < -0.39 is 15.7 Å². The minimum atomic E-state index is -1.20. The van der Waals surface area contributed by atoms with Crippen LogP contribution < -0.4 is 0 Å². The lowest BCUT2D eigenvalue weighted by Gasteiger charge is -2.00. The SMILES string of the molecule is Cc1ccc(CS(=O)/C=C/c2ccccc2[N+](=O)[O-])cc1. The summed E-state index contributed by atoms with van der Waals surface area (Å²) in [6.45, 7) is 2.00. The molecule has 2 aromatic carbocycles. The second-order valence-electron chi connectivity index (χ2n) is 4.63. The van der Waals surface area contributed by atoms with Crippen LogP contribution in [0.2, 0.25) is 0 Å². The van der Waals surface area contributed by atoms with Gasteiger partial charge >= 0.3 is 0 Å². The highest BCUT2D eigenvalue weighted by molar-refractivity contribution is 7.87. The molecule has 0 radical (unpaired) electrons. The van der Waals surface area contributed by atoms with Crippen LogP contribution >= 0.6 is 0 Å². The predicted octanol–water partition coefficient (Wildman–Crippen LogP) is 3.82. The van der Waals surface area contributed by atoms with Crippen molar-refractivity contribution in [2.24, 2.45) is 0 Å². The third-order valence-corrected chi connectivity index (χ3v) is 4.02. The lowest BCUT2D eigenvalue weighted by Crippen LogP contribution is -1.93. The molecule has 0 bridgehead atoms. The summed E-state index contributed by atoms with van der Waals surface area (Å²) in [5.74, 6) is 0.400. The van der Waals surface area contributed by atoms with Gasteiger partial charge in [0, 0.05) is 11.5 Å². The fraction of sp³-hybridized carbons (Fsp3) is 0.125. The molecule has 1 atom stereocenters. The third-order valence-electron chi connectivity index (χ3n) is 2.96. The lowest BCUT2D eigenvalue weighted by atomic mass is 10.2. The molecule has 0 aromatic heterocycles. The zero-order chi connectivity index (χ0) is 15.2. The first-order chi connectivity index (χ1) is 10.1. The van der Waals surface area contributed by atoms with E-state index in [0.29, 0.717) is 11.3 Å². The average molecular weight is 301 g/mol. The number of para-hydroxylation sites is 1. The van der Waals surface area contributed by atoms with Gasteiger partial charge in [0.05, 0.1) is 27.0 Å². The van der Waals surface area contributed by atoms with Crippen LogP contribution in [0.3, 0.4) is 0 Å². The fourth-order valence-corrected chi connectivity index (χ4v) is 2.76. The smallest absolute Gasteiger partial charge is 0.258 e. The van der Waals surface area contributed by atoms with Crippen LogP contribution in [0, 0.1) is 17.0 Å². The van der Waals surface area contributed by atoms with Gasteiger partial charge in [-0.15, -0.1) is 0 Å².